The molecule has 0 heterocycles. The monoisotopic (exact) mass is 363 g/mol. The van der Waals surface area contributed by atoms with E-state index in [1.165, 1.54) is 12.7 Å². The van der Waals surface area contributed by atoms with Crippen LogP contribution in [0.2, 0.25) is 18.1 Å². The quantitative estimate of drug-likeness (QED) is 0.393. The molecule has 0 aromatic carbocycles. The predicted molar refractivity (Wildman–Crippen MR) is 101 cm³/mol. The summed E-state index contributed by atoms with van der Waals surface area (Å²) >= 11 is 0. The van der Waals surface area contributed by atoms with Crippen LogP contribution >= 0.6 is 0 Å². The second-order valence-corrected chi connectivity index (χ2v) is 13.9. The molecule has 2 aliphatic rings. The van der Waals surface area contributed by atoms with Gasteiger partial charge in [0, 0.05) is 6.42 Å². The lowest BCUT2D eigenvalue weighted by Crippen LogP contribution is -2.48. The van der Waals surface area contributed by atoms with Crippen LogP contribution in [0.1, 0.15) is 59.3 Å². The van der Waals surface area contributed by atoms with E-state index in [4.69, 9.17) is 9.16 Å². The number of hydrogen-bond donors (Lipinski definition) is 0. The van der Waals surface area contributed by atoms with Crippen molar-refractivity contribution in [2.45, 2.75) is 83.5 Å². The summed E-state index contributed by atoms with van der Waals surface area (Å²) in [7, 11) is -0.466. The van der Waals surface area contributed by atoms with Crippen LogP contribution in [0.3, 0.4) is 0 Å². The minimum Gasteiger partial charge on any atom is -0.469 e. The summed E-state index contributed by atoms with van der Waals surface area (Å²) in [4.78, 5) is 11.4. The highest BCUT2D eigenvalue weighted by Crippen LogP contribution is 2.54. The summed E-state index contributed by atoms with van der Waals surface area (Å²) in [5, 5.41) is 10.2. The van der Waals surface area contributed by atoms with Crippen molar-refractivity contribution in [1.29, 1.82) is 5.26 Å². The van der Waals surface area contributed by atoms with Gasteiger partial charge in [-0.15, -0.1) is 0 Å². The lowest BCUT2D eigenvalue weighted by atomic mass is 9.69. The Morgan fingerprint density at radius 3 is 2.64 bits per heavy atom. The molecule has 0 N–H and O–H groups in total. The van der Waals surface area contributed by atoms with Crippen LogP contribution in [0.4, 0.5) is 0 Å². The van der Waals surface area contributed by atoms with Crippen molar-refractivity contribution in [2.75, 3.05) is 7.11 Å². The Kier molecular flexibility index (Phi) is 5.85. The fourth-order valence-corrected chi connectivity index (χ4v) is 5.27. The van der Waals surface area contributed by atoms with Crippen LogP contribution in [0.25, 0.3) is 0 Å². The minimum atomic E-state index is -1.89. The second-order valence-electron chi connectivity index (χ2n) is 9.10. The molecule has 25 heavy (non-hydrogen) atoms. The van der Waals surface area contributed by atoms with Crippen molar-refractivity contribution in [2.24, 2.45) is 11.3 Å². The second kappa shape index (κ2) is 7.24. The van der Waals surface area contributed by atoms with Crippen molar-refractivity contribution in [3.63, 3.8) is 0 Å². The molecule has 3 atom stereocenters. The van der Waals surface area contributed by atoms with Gasteiger partial charge >= 0.3 is 5.97 Å². The number of hydrogen-bond acceptors (Lipinski definition) is 4. The first-order valence-electron chi connectivity index (χ1n) is 9.41. The molecular formula is C20H33NO3Si. The lowest BCUT2D eigenvalue weighted by Gasteiger charge is -2.44. The fourth-order valence-electron chi connectivity index (χ4n) is 3.88. The number of nitrogens with zero attached hydrogens (tertiary/aromatic N) is 1. The van der Waals surface area contributed by atoms with Gasteiger partial charge in [-0.2, -0.15) is 5.26 Å². The Morgan fingerprint density at radius 2 is 2.08 bits per heavy atom. The third kappa shape index (κ3) is 4.01. The van der Waals surface area contributed by atoms with E-state index in [9.17, 15) is 10.1 Å². The molecule has 0 aromatic heterocycles. The number of carbonyl (C=O) groups excluding carboxylic acids is 1. The average molecular weight is 364 g/mol. The molecule has 140 valence electrons. The zero-order valence-electron chi connectivity index (χ0n) is 16.6. The molecule has 0 bridgehead atoms. The van der Waals surface area contributed by atoms with Gasteiger partial charge in [0.25, 0.3) is 0 Å². The van der Waals surface area contributed by atoms with E-state index in [0.29, 0.717) is 6.42 Å². The van der Waals surface area contributed by atoms with Gasteiger partial charge in [-0.3, -0.25) is 4.79 Å². The first kappa shape index (κ1) is 20.2. The highest BCUT2D eigenvalue weighted by Gasteiger charge is 2.54. The number of esters is 1. The standard InChI is InChI=1S/C20H33NO3Si/c1-19(2,3)25(5,6)24-17-9-8-16-13-15(7-10-18(22)23-4)11-12-20(16,17)14-21/h13,16-17H,7-12H2,1-6H3/t16-,17-,20-/m1/s1. The van der Waals surface area contributed by atoms with Gasteiger partial charge in [-0.05, 0) is 56.2 Å². The summed E-state index contributed by atoms with van der Waals surface area (Å²) in [6.45, 7) is 11.3. The van der Waals surface area contributed by atoms with Crippen LogP contribution in [-0.4, -0.2) is 27.5 Å². The van der Waals surface area contributed by atoms with Crippen LogP contribution in [0, 0.1) is 22.7 Å². The van der Waals surface area contributed by atoms with Gasteiger partial charge in [-0.25, -0.2) is 0 Å². The van der Waals surface area contributed by atoms with E-state index in [1.807, 2.05) is 0 Å². The zero-order chi connectivity index (χ0) is 18.9. The molecular weight excluding hydrogens is 330 g/mol. The summed E-state index contributed by atoms with van der Waals surface area (Å²) in [6.07, 6.45) is 7.20. The number of ether oxygens (including phenoxy) is 1. The van der Waals surface area contributed by atoms with Crippen LogP contribution in [0.15, 0.2) is 11.6 Å². The first-order valence-corrected chi connectivity index (χ1v) is 12.3. The Morgan fingerprint density at radius 1 is 1.40 bits per heavy atom. The molecule has 0 aliphatic heterocycles. The van der Waals surface area contributed by atoms with Crippen LogP contribution in [0.5, 0.6) is 0 Å². The van der Waals surface area contributed by atoms with E-state index in [1.54, 1.807) is 0 Å². The zero-order valence-corrected chi connectivity index (χ0v) is 17.6. The van der Waals surface area contributed by atoms with Gasteiger partial charge in [0.15, 0.2) is 8.32 Å². The summed E-state index contributed by atoms with van der Waals surface area (Å²) < 4.78 is 11.4. The highest BCUT2D eigenvalue weighted by molar-refractivity contribution is 6.74. The smallest absolute Gasteiger partial charge is 0.305 e. The van der Waals surface area contributed by atoms with Crippen molar-refractivity contribution in [3.8, 4) is 6.07 Å². The third-order valence-corrected chi connectivity index (χ3v) is 11.1. The molecule has 1 fully saturated rings. The van der Waals surface area contributed by atoms with E-state index in [-0.39, 0.29) is 28.4 Å². The van der Waals surface area contributed by atoms with E-state index in [0.717, 1.165) is 32.1 Å². The van der Waals surface area contributed by atoms with Crippen LogP contribution in [-0.2, 0) is 14.0 Å². The molecule has 5 heteroatoms. The van der Waals surface area contributed by atoms with Gasteiger partial charge in [0.05, 0.1) is 24.7 Å². The minimum absolute atomic E-state index is 0.0433. The molecule has 0 radical (unpaired) electrons. The summed E-state index contributed by atoms with van der Waals surface area (Å²) in [5.41, 5.74) is 0.916. The number of methoxy groups -OCH3 is 1. The number of fused-ring (bicyclic) bond motifs is 1. The Labute approximate surface area is 153 Å². The largest absolute Gasteiger partial charge is 0.469 e. The number of nitriles is 1. The topological polar surface area (TPSA) is 59.3 Å². The molecule has 2 rings (SSSR count). The van der Waals surface area contributed by atoms with Crippen molar-refractivity contribution < 1.29 is 14.0 Å². The van der Waals surface area contributed by atoms with E-state index >= 15 is 0 Å². The molecule has 2 aliphatic carbocycles. The summed E-state index contributed by atoms with van der Waals surface area (Å²) in [6, 6.07) is 2.66. The molecule has 0 aromatic rings. The molecule has 0 amide bonds. The Bertz CT molecular complexity index is 585. The number of allylic oxidation sites excluding steroid dienone is 2. The molecule has 1 saturated carbocycles. The van der Waals surface area contributed by atoms with E-state index < -0.39 is 8.32 Å². The number of carbonyl (C=O) groups is 1. The Balaban J connectivity index is 2.14. The molecule has 4 nitrogen and oxygen atoms in total. The maximum atomic E-state index is 11.4. The van der Waals surface area contributed by atoms with Crippen molar-refractivity contribution in [1.82, 2.24) is 0 Å². The van der Waals surface area contributed by atoms with Gasteiger partial charge < -0.3 is 9.16 Å². The maximum absolute atomic E-state index is 11.4. The van der Waals surface area contributed by atoms with Crippen molar-refractivity contribution >= 4 is 14.3 Å². The average Bonchev–Trinajstić information content (AvgIpc) is 2.89. The number of rotatable bonds is 5. The summed E-state index contributed by atoms with van der Waals surface area (Å²) in [5.74, 6) is 0.0947. The van der Waals surface area contributed by atoms with Crippen LogP contribution < -0.4 is 0 Å². The van der Waals surface area contributed by atoms with Gasteiger partial charge in [0.2, 0.25) is 0 Å². The molecule has 0 saturated heterocycles. The molecule has 0 spiro atoms. The normalized spacial score (nSPS) is 29.6. The molecule has 0 unspecified atom stereocenters. The maximum Gasteiger partial charge on any atom is 0.305 e. The predicted octanol–water partition coefficient (Wildman–Crippen LogP) is 4.97. The first-order chi connectivity index (χ1) is 11.6. The Hall–Kier alpha value is -1.12. The SMILES string of the molecule is COC(=O)CCC1=C[C@H]2CC[C@@H](O[Si](C)(C)C(C)(C)C)[C@@]2(C#N)CC1. The highest BCUT2D eigenvalue weighted by atomic mass is 28.4. The van der Waals surface area contributed by atoms with Gasteiger partial charge in [0.1, 0.15) is 0 Å². The van der Waals surface area contributed by atoms with Crippen molar-refractivity contribution in [3.05, 3.63) is 11.6 Å². The van der Waals surface area contributed by atoms with Gasteiger partial charge in [-0.1, -0.05) is 32.4 Å². The van der Waals surface area contributed by atoms with E-state index in [2.05, 4.69) is 46.0 Å². The fraction of sp³-hybridized carbons (Fsp3) is 0.800. The third-order valence-electron chi connectivity index (χ3n) is 6.60. The lowest BCUT2D eigenvalue weighted by molar-refractivity contribution is -0.140.